The van der Waals surface area contributed by atoms with E-state index in [1.807, 2.05) is 6.07 Å². The fraction of sp³-hybridized carbons (Fsp3) is 0.293. The maximum absolute atomic E-state index is 13.2. The molecule has 1 unspecified atom stereocenters. The molecule has 19 heteroatoms. The normalized spacial score (nSPS) is 16.7. The van der Waals surface area contributed by atoms with Gasteiger partial charge in [0.15, 0.2) is 24.7 Å². The molecule has 0 spiro atoms. The molecule has 7 rings (SSSR count). The van der Waals surface area contributed by atoms with Gasteiger partial charge in [0.05, 0.1) is 22.7 Å². The maximum Gasteiger partial charge on any atom is 0.273 e. The van der Waals surface area contributed by atoms with Crippen LogP contribution >= 0.6 is 0 Å². The van der Waals surface area contributed by atoms with Crippen LogP contribution in [0.2, 0.25) is 0 Å². The fourth-order valence-corrected chi connectivity index (χ4v) is 7.08. The Balaban J connectivity index is 0.842. The smallest absolute Gasteiger partial charge is 0.273 e. The Labute approximate surface area is 341 Å². The topological polar surface area (TPSA) is 256 Å². The Kier molecular flexibility index (Phi) is 11.6. The van der Waals surface area contributed by atoms with E-state index in [-0.39, 0.29) is 84.1 Å². The zero-order valence-electron chi connectivity index (χ0n) is 32.4. The minimum Gasteiger partial charge on any atom is -0.507 e. The number of phenolic OH excluding ortho intramolecular Hbond substituents is 1. The van der Waals surface area contributed by atoms with Gasteiger partial charge >= 0.3 is 0 Å². The predicted octanol–water partition coefficient (Wildman–Crippen LogP) is 1.26. The molecule has 310 valence electrons. The lowest BCUT2D eigenvalue weighted by Crippen LogP contribution is -2.54. The van der Waals surface area contributed by atoms with Crippen molar-refractivity contribution in [1.29, 1.82) is 0 Å². The average Bonchev–Trinajstić information content (AvgIpc) is 3.94. The minimum atomic E-state index is -1.15. The molecule has 3 aliphatic rings. The summed E-state index contributed by atoms with van der Waals surface area (Å²) in [5.41, 5.74) is 2.33. The molecular formula is C41H39N7O12. The van der Waals surface area contributed by atoms with Gasteiger partial charge in [0, 0.05) is 45.2 Å². The van der Waals surface area contributed by atoms with Gasteiger partial charge in [-0.3, -0.25) is 48.6 Å². The predicted molar refractivity (Wildman–Crippen MR) is 207 cm³/mol. The molecule has 60 heavy (non-hydrogen) atoms. The van der Waals surface area contributed by atoms with E-state index >= 15 is 0 Å². The van der Waals surface area contributed by atoms with E-state index in [4.69, 9.17) is 14.0 Å². The quantitative estimate of drug-likeness (QED) is 0.0888. The molecule has 4 aromatic rings. The second kappa shape index (κ2) is 17.1. The second-order valence-corrected chi connectivity index (χ2v) is 14.3. The molecule has 3 aromatic carbocycles. The number of phenols is 1. The minimum absolute atomic E-state index is 0.00211. The van der Waals surface area contributed by atoms with E-state index in [2.05, 4.69) is 26.4 Å². The summed E-state index contributed by atoms with van der Waals surface area (Å²) >= 11 is 0. The highest BCUT2D eigenvalue weighted by Crippen LogP contribution is 2.36. The molecule has 8 amide bonds. The second-order valence-electron chi connectivity index (χ2n) is 14.3. The number of piperidine rings is 1. The van der Waals surface area contributed by atoms with Crippen LogP contribution in [0.3, 0.4) is 0 Å². The van der Waals surface area contributed by atoms with E-state index < -0.39 is 54.0 Å². The van der Waals surface area contributed by atoms with Gasteiger partial charge in [-0.05, 0) is 66.8 Å². The molecule has 1 aliphatic carbocycles. The van der Waals surface area contributed by atoms with Gasteiger partial charge in [-0.25, -0.2) is 0 Å². The highest BCUT2D eigenvalue weighted by Gasteiger charge is 2.46. The van der Waals surface area contributed by atoms with Crippen LogP contribution in [0, 0.1) is 0 Å². The summed E-state index contributed by atoms with van der Waals surface area (Å²) in [6.07, 6.45) is 1.30. The van der Waals surface area contributed by atoms with E-state index in [0.717, 1.165) is 16.0 Å². The number of hydrogen-bond donors (Lipinski definition) is 5. The lowest BCUT2D eigenvalue weighted by atomic mass is 10.0. The summed E-state index contributed by atoms with van der Waals surface area (Å²) < 4.78 is 16.6. The van der Waals surface area contributed by atoms with Gasteiger partial charge in [0.1, 0.15) is 23.3 Å². The highest BCUT2D eigenvalue weighted by molar-refractivity contribution is 6.24. The van der Waals surface area contributed by atoms with Crippen LogP contribution in [0.15, 0.2) is 65.2 Å². The van der Waals surface area contributed by atoms with Crippen LogP contribution in [0.5, 0.6) is 17.2 Å². The van der Waals surface area contributed by atoms with Gasteiger partial charge in [0.2, 0.25) is 11.8 Å². The number of nitrogens with one attached hydrogen (secondary N) is 4. The number of fused-ring (bicyclic) bond motifs is 2. The first-order chi connectivity index (χ1) is 28.8. The summed E-state index contributed by atoms with van der Waals surface area (Å²) in [6, 6.07) is 14.0. The zero-order chi connectivity index (χ0) is 42.7. The van der Waals surface area contributed by atoms with Crippen molar-refractivity contribution in [3.63, 3.8) is 0 Å². The Morgan fingerprint density at radius 2 is 1.65 bits per heavy atom. The number of aryl methyl sites for hydroxylation is 1. The third kappa shape index (κ3) is 8.50. The first kappa shape index (κ1) is 40.6. The number of nitrogens with zero attached hydrogens (tertiary/aromatic N) is 3. The Morgan fingerprint density at radius 1 is 0.900 bits per heavy atom. The molecule has 2 atom stereocenters. The molecule has 1 saturated heterocycles. The van der Waals surface area contributed by atoms with Gasteiger partial charge < -0.3 is 40.0 Å². The van der Waals surface area contributed by atoms with Gasteiger partial charge in [-0.2, -0.15) is 0 Å². The Hall–Kier alpha value is -7.57. The number of benzene rings is 3. The van der Waals surface area contributed by atoms with E-state index in [0.29, 0.717) is 24.2 Å². The number of ether oxygens (including phenoxy) is 2. The van der Waals surface area contributed by atoms with E-state index in [9.17, 15) is 43.5 Å². The van der Waals surface area contributed by atoms with Gasteiger partial charge in [-0.15, -0.1) is 0 Å². The van der Waals surface area contributed by atoms with E-state index in [1.54, 1.807) is 32.3 Å². The molecular weight excluding hydrogens is 782 g/mol. The van der Waals surface area contributed by atoms with Crippen molar-refractivity contribution < 1.29 is 57.5 Å². The van der Waals surface area contributed by atoms with Crippen molar-refractivity contribution in [2.24, 2.45) is 0 Å². The first-order valence-electron chi connectivity index (χ1n) is 18.9. The number of aromatic nitrogens is 1. The van der Waals surface area contributed by atoms with Crippen LogP contribution < -0.4 is 30.7 Å². The molecule has 0 bridgehead atoms. The summed E-state index contributed by atoms with van der Waals surface area (Å²) in [5, 5.41) is 24.6. The molecule has 0 saturated carbocycles. The van der Waals surface area contributed by atoms with Gasteiger partial charge in [-0.1, -0.05) is 23.4 Å². The van der Waals surface area contributed by atoms with Crippen molar-refractivity contribution >= 4 is 47.3 Å². The Bertz CT molecular complexity index is 2440. The summed E-state index contributed by atoms with van der Waals surface area (Å²) in [6.45, 7) is -0.723. The summed E-state index contributed by atoms with van der Waals surface area (Å²) in [5.74, 6) is -4.20. The van der Waals surface area contributed by atoms with Crippen molar-refractivity contribution in [3.05, 3.63) is 94.2 Å². The number of carbonyl (C=O) groups is 8. The van der Waals surface area contributed by atoms with Crippen LogP contribution in [-0.4, -0.2) is 114 Å². The Morgan fingerprint density at radius 3 is 2.37 bits per heavy atom. The first-order valence-corrected chi connectivity index (χ1v) is 18.9. The van der Waals surface area contributed by atoms with Crippen LogP contribution in [0.25, 0.3) is 11.3 Å². The summed E-state index contributed by atoms with van der Waals surface area (Å²) in [4.78, 5) is 103. The third-order valence-electron chi connectivity index (χ3n) is 10.1. The largest absolute Gasteiger partial charge is 0.507 e. The molecule has 2 aliphatic heterocycles. The molecule has 1 aromatic heterocycles. The number of hydrogen-bond acceptors (Lipinski definition) is 13. The number of carbonyl (C=O) groups excluding carboxylic acids is 8. The SMILES string of the molecule is CN(C)C(=O)c1ccc(-c2cc(C(=O)N[C@@H]3CCc4ccc(OCC(=O)NCCNC(=O)COc5cccc6c5C(=O)N(C5CCC(=O)NC5=O)C6=O)cc43)no2)cc1O. The molecule has 3 heterocycles. The maximum atomic E-state index is 13.2. The average molecular weight is 822 g/mol. The van der Waals surface area contributed by atoms with Crippen LogP contribution in [0.4, 0.5) is 0 Å². The van der Waals surface area contributed by atoms with E-state index in [1.165, 1.54) is 41.3 Å². The number of imide groups is 2. The third-order valence-corrected chi connectivity index (χ3v) is 10.1. The number of amides is 8. The van der Waals surface area contributed by atoms with Crippen LogP contribution in [0.1, 0.15) is 78.0 Å². The molecule has 5 N–H and O–H groups in total. The van der Waals surface area contributed by atoms with Crippen molar-refractivity contribution in [3.8, 4) is 28.6 Å². The number of aromatic hydroxyl groups is 1. The molecule has 19 nitrogen and oxygen atoms in total. The number of rotatable bonds is 14. The molecule has 0 radical (unpaired) electrons. The van der Waals surface area contributed by atoms with Crippen molar-refractivity contribution in [2.45, 2.75) is 37.8 Å². The van der Waals surface area contributed by atoms with Crippen molar-refractivity contribution in [1.82, 2.24) is 36.2 Å². The standard InChI is InChI=1S/C41H39N7O12/c1-47(2)39(55)24-10-7-22(16-30(24)49)32-18-28(46-60-32)37(53)44-27-11-8-21-6-9-23(17-26(21)27)58-19-34(51)42-14-15-43-35(52)20-59-31-5-3-4-25-36(31)41(57)48(40(25)56)29-12-13-33(50)45-38(29)54/h3-7,9-10,16-18,27,29,49H,8,11-15,19-20H2,1-2H3,(H,42,51)(H,43,52)(H,44,53)(H,45,50,54)/t27-,29?/m1/s1. The van der Waals surface area contributed by atoms with Gasteiger partial charge in [0.25, 0.3) is 35.4 Å². The monoisotopic (exact) mass is 821 g/mol. The molecule has 1 fully saturated rings. The fourth-order valence-electron chi connectivity index (χ4n) is 7.08. The lowest BCUT2D eigenvalue weighted by molar-refractivity contribution is -0.136. The lowest BCUT2D eigenvalue weighted by Gasteiger charge is -2.27. The summed E-state index contributed by atoms with van der Waals surface area (Å²) in [7, 11) is 3.14. The zero-order valence-corrected chi connectivity index (χ0v) is 32.4. The van der Waals surface area contributed by atoms with Crippen molar-refractivity contribution in [2.75, 3.05) is 40.4 Å². The van der Waals surface area contributed by atoms with Crippen LogP contribution in [-0.2, 0) is 25.6 Å². The highest BCUT2D eigenvalue weighted by atomic mass is 16.5.